The highest BCUT2D eigenvalue weighted by Gasteiger charge is 2.21. The van der Waals surface area contributed by atoms with Gasteiger partial charge in [0.05, 0.1) is 12.8 Å². The first-order valence-corrected chi connectivity index (χ1v) is 11.9. The summed E-state index contributed by atoms with van der Waals surface area (Å²) >= 11 is 1.20. The van der Waals surface area contributed by atoms with Gasteiger partial charge in [0.1, 0.15) is 17.6 Å². The third-order valence-electron chi connectivity index (χ3n) is 4.03. The molecule has 2 heterocycles. The Morgan fingerprint density at radius 1 is 1.20 bits per heavy atom. The number of esters is 1. The van der Waals surface area contributed by atoms with Crippen molar-refractivity contribution in [1.82, 2.24) is 10.0 Å². The molecule has 11 heteroatoms. The number of nitrogens with one attached hydrogen (secondary N) is 2. The van der Waals surface area contributed by atoms with Gasteiger partial charge in [-0.15, -0.1) is 11.3 Å². The Hall–Kier alpha value is -2.63. The number of thiophene rings is 1. The van der Waals surface area contributed by atoms with Gasteiger partial charge in [0.2, 0.25) is 10.0 Å². The van der Waals surface area contributed by atoms with Crippen molar-refractivity contribution in [3.05, 3.63) is 46.2 Å². The standard InChI is InChI=1S/C19H22N2O7S2/c1-30(24,25)21-9-8-14-6-7-17(29-14)19(23)27-12-18(22)20-10-13-11-26-15-4-2-3-5-16(15)28-13/h2-7,13,21H,8-12H2,1H3,(H,20,22)/t13-/m1/s1. The predicted octanol–water partition coefficient (Wildman–Crippen LogP) is 0.953. The lowest BCUT2D eigenvalue weighted by Gasteiger charge is -2.26. The zero-order valence-electron chi connectivity index (χ0n) is 16.3. The Kier molecular flexibility index (Phi) is 7.29. The number of ether oxygens (including phenoxy) is 3. The van der Waals surface area contributed by atoms with E-state index in [0.717, 1.165) is 11.1 Å². The molecule has 1 amide bonds. The van der Waals surface area contributed by atoms with E-state index in [0.29, 0.717) is 29.4 Å². The van der Waals surface area contributed by atoms with Gasteiger partial charge in [-0.3, -0.25) is 4.79 Å². The molecule has 0 spiro atoms. The lowest BCUT2D eigenvalue weighted by molar-refractivity contribution is -0.124. The Balaban J connectivity index is 1.37. The van der Waals surface area contributed by atoms with E-state index in [1.165, 1.54) is 11.3 Å². The van der Waals surface area contributed by atoms with Crippen molar-refractivity contribution in [2.24, 2.45) is 0 Å². The summed E-state index contributed by atoms with van der Waals surface area (Å²) in [5, 5.41) is 2.65. The van der Waals surface area contributed by atoms with Gasteiger partial charge in [-0.1, -0.05) is 12.1 Å². The monoisotopic (exact) mass is 454 g/mol. The van der Waals surface area contributed by atoms with Crippen LogP contribution in [0, 0.1) is 0 Å². The first-order chi connectivity index (χ1) is 14.3. The number of benzene rings is 1. The smallest absolute Gasteiger partial charge is 0.348 e. The van der Waals surface area contributed by atoms with E-state index in [-0.39, 0.29) is 19.2 Å². The number of amides is 1. The molecule has 0 fully saturated rings. The molecule has 0 radical (unpaired) electrons. The molecule has 9 nitrogen and oxygen atoms in total. The van der Waals surface area contributed by atoms with Crippen molar-refractivity contribution < 1.29 is 32.2 Å². The summed E-state index contributed by atoms with van der Waals surface area (Å²) in [7, 11) is -3.25. The van der Waals surface area contributed by atoms with Gasteiger partial charge in [0.15, 0.2) is 18.1 Å². The van der Waals surface area contributed by atoms with Crippen LogP contribution < -0.4 is 19.5 Å². The number of fused-ring (bicyclic) bond motifs is 1. The number of sulfonamides is 1. The highest BCUT2D eigenvalue weighted by atomic mass is 32.2. The van der Waals surface area contributed by atoms with Crippen LogP contribution in [-0.2, 0) is 26.0 Å². The van der Waals surface area contributed by atoms with E-state index >= 15 is 0 Å². The van der Waals surface area contributed by atoms with Crippen LogP contribution >= 0.6 is 11.3 Å². The number of rotatable bonds is 9. The summed E-state index contributed by atoms with van der Waals surface area (Å²) in [4.78, 5) is 25.2. The average molecular weight is 455 g/mol. The molecular formula is C19H22N2O7S2. The molecule has 1 aromatic heterocycles. The number of carbonyl (C=O) groups excluding carboxylic acids is 2. The van der Waals surface area contributed by atoms with Crippen LogP contribution in [0.1, 0.15) is 14.5 Å². The average Bonchev–Trinajstić information content (AvgIpc) is 3.18. The van der Waals surface area contributed by atoms with Crippen LogP contribution in [0.25, 0.3) is 0 Å². The lowest BCUT2D eigenvalue weighted by atomic mass is 10.2. The minimum atomic E-state index is -3.25. The molecule has 3 rings (SSSR count). The topological polar surface area (TPSA) is 120 Å². The Labute approximate surface area is 178 Å². The maximum absolute atomic E-state index is 12.1. The van der Waals surface area contributed by atoms with Crippen LogP contribution in [0.2, 0.25) is 0 Å². The van der Waals surface area contributed by atoms with E-state index in [1.807, 2.05) is 18.2 Å². The molecule has 30 heavy (non-hydrogen) atoms. The molecule has 2 N–H and O–H groups in total. The number of para-hydroxylation sites is 2. The van der Waals surface area contributed by atoms with Gasteiger partial charge >= 0.3 is 5.97 Å². The molecule has 1 aromatic carbocycles. The van der Waals surface area contributed by atoms with E-state index in [1.54, 1.807) is 18.2 Å². The molecule has 0 saturated heterocycles. The maximum atomic E-state index is 12.1. The van der Waals surface area contributed by atoms with Gasteiger partial charge in [0.25, 0.3) is 5.91 Å². The van der Waals surface area contributed by atoms with Crippen molar-refractivity contribution in [1.29, 1.82) is 0 Å². The zero-order chi connectivity index (χ0) is 21.6. The Morgan fingerprint density at radius 2 is 1.97 bits per heavy atom. The minimum Gasteiger partial charge on any atom is -0.486 e. The second-order valence-electron chi connectivity index (χ2n) is 6.56. The quantitative estimate of drug-likeness (QED) is 0.542. The summed E-state index contributed by atoms with van der Waals surface area (Å²) < 4.78 is 40.9. The van der Waals surface area contributed by atoms with E-state index in [9.17, 15) is 18.0 Å². The third-order valence-corrected chi connectivity index (χ3v) is 5.88. The lowest BCUT2D eigenvalue weighted by Crippen LogP contribution is -2.42. The van der Waals surface area contributed by atoms with Crippen LogP contribution in [0.4, 0.5) is 0 Å². The van der Waals surface area contributed by atoms with Crippen molar-refractivity contribution in [2.45, 2.75) is 12.5 Å². The third kappa shape index (κ3) is 6.71. The predicted molar refractivity (Wildman–Crippen MR) is 111 cm³/mol. The van der Waals surface area contributed by atoms with Gasteiger partial charge in [0, 0.05) is 11.4 Å². The fourth-order valence-electron chi connectivity index (χ4n) is 2.63. The highest BCUT2D eigenvalue weighted by Crippen LogP contribution is 2.30. The fraction of sp³-hybridized carbons (Fsp3) is 0.368. The van der Waals surface area contributed by atoms with Gasteiger partial charge in [-0.05, 0) is 30.7 Å². The Bertz CT molecular complexity index is 1000. The van der Waals surface area contributed by atoms with Gasteiger partial charge in [-0.2, -0.15) is 0 Å². The summed E-state index contributed by atoms with van der Waals surface area (Å²) in [6.07, 6.45) is 1.21. The van der Waals surface area contributed by atoms with Crippen molar-refractivity contribution in [3.8, 4) is 11.5 Å². The van der Waals surface area contributed by atoms with Crippen molar-refractivity contribution in [3.63, 3.8) is 0 Å². The van der Waals surface area contributed by atoms with Crippen LogP contribution in [0.3, 0.4) is 0 Å². The molecule has 0 saturated carbocycles. The van der Waals surface area contributed by atoms with Crippen molar-refractivity contribution >= 4 is 33.2 Å². The molecular weight excluding hydrogens is 432 g/mol. The molecule has 1 aliphatic heterocycles. The second kappa shape index (κ2) is 9.92. The van der Waals surface area contributed by atoms with E-state index < -0.39 is 28.5 Å². The minimum absolute atomic E-state index is 0.223. The summed E-state index contributed by atoms with van der Waals surface area (Å²) in [5.41, 5.74) is 0. The largest absolute Gasteiger partial charge is 0.486 e. The van der Waals surface area contributed by atoms with Crippen LogP contribution in [0.5, 0.6) is 11.5 Å². The molecule has 1 atom stereocenters. The molecule has 0 unspecified atom stereocenters. The first kappa shape index (κ1) is 22.1. The van der Waals surface area contributed by atoms with Crippen LogP contribution in [-0.4, -0.2) is 59.0 Å². The van der Waals surface area contributed by atoms with Gasteiger partial charge < -0.3 is 19.5 Å². The van der Waals surface area contributed by atoms with Crippen LogP contribution in [0.15, 0.2) is 36.4 Å². The molecule has 1 aliphatic rings. The normalized spacial score (nSPS) is 15.4. The molecule has 162 valence electrons. The number of carbonyl (C=O) groups is 2. The second-order valence-corrected chi connectivity index (χ2v) is 9.56. The van der Waals surface area contributed by atoms with Crippen molar-refractivity contribution in [2.75, 3.05) is 32.6 Å². The first-order valence-electron chi connectivity index (χ1n) is 9.16. The number of hydrogen-bond acceptors (Lipinski definition) is 8. The van der Waals surface area contributed by atoms with Gasteiger partial charge in [-0.25, -0.2) is 17.9 Å². The summed E-state index contributed by atoms with van der Waals surface area (Å²) in [5.74, 6) is 0.231. The Morgan fingerprint density at radius 3 is 2.73 bits per heavy atom. The maximum Gasteiger partial charge on any atom is 0.348 e. The number of hydrogen-bond donors (Lipinski definition) is 2. The molecule has 0 bridgehead atoms. The SMILES string of the molecule is CS(=O)(=O)NCCc1ccc(C(=O)OCC(=O)NC[C@@H]2COc3ccccc3O2)s1. The summed E-state index contributed by atoms with van der Waals surface area (Å²) in [6.45, 7) is 0.365. The fourth-order valence-corrected chi connectivity index (χ4v) is 4.00. The summed E-state index contributed by atoms with van der Waals surface area (Å²) in [6, 6.07) is 10.6. The van der Waals surface area contributed by atoms with E-state index in [2.05, 4.69) is 10.0 Å². The highest BCUT2D eigenvalue weighted by molar-refractivity contribution is 7.88. The van der Waals surface area contributed by atoms with E-state index in [4.69, 9.17) is 14.2 Å². The zero-order valence-corrected chi connectivity index (χ0v) is 17.9. The molecule has 0 aliphatic carbocycles. The molecule has 2 aromatic rings.